The maximum Gasteiger partial charge on any atom is 0.350 e. The molecule has 0 fully saturated rings. The Kier molecular flexibility index (Phi) is 7.86. The van der Waals surface area contributed by atoms with E-state index >= 15 is 4.39 Å². The molecule has 1 atom stereocenters. The quantitative estimate of drug-likeness (QED) is 0.208. The van der Waals surface area contributed by atoms with Gasteiger partial charge in [0, 0.05) is 29.6 Å². The first-order valence-electron chi connectivity index (χ1n) is 11.5. The van der Waals surface area contributed by atoms with E-state index in [1.54, 1.807) is 37.3 Å². The number of rotatable bonds is 11. The van der Waals surface area contributed by atoms with Crippen molar-refractivity contribution in [2.45, 2.75) is 19.3 Å². The second-order valence-corrected chi connectivity index (χ2v) is 7.94. The summed E-state index contributed by atoms with van der Waals surface area (Å²) in [4.78, 5) is 23.6. The fourth-order valence-corrected chi connectivity index (χ4v) is 3.79. The first-order chi connectivity index (χ1) is 17.9. The summed E-state index contributed by atoms with van der Waals surface area (Å²) in [5.41, 5.74) is 6.38. The molecule has 0 aliphatic rings. The number of H-pyrrole nitrogens is 1. The van der Waals surface area contributed by atoms with Gasteiger partial charge < -0.3 is 15.2 Å². The lowest BCUT2D eigenvalue weighted by Crippen LogP contribution is -2.18. The van der Waals surface area contributed by atoms with Crippen molar-refractivity contribution in [3.8, 4) is 17.4 Å². The molecule has 2 aromatic carbocycles. The number of aromatic nitrogens is 5. The minimum atomic E-state index is -0.811. The fourth-order valence-electron chi connectivity index (χ4n) is 3.79. The summed E-state index contributed by atoms with van der Waals surface area (Å²) in [5.74, 6) is -1.28. The third-order valence-corrected chi connectivity index (χ3v) is 5.47. The number of halogens is 2. The van der Waals surface area contributed by atoms with Crippen LogP contribution in [0.2, 0.25) is 0 Å². The van der Waals surface area contributed by atoms with Crippen LogP contribution >= 0.6 is 0 Å². The molecule has 0 aliphatic carbocycles. The van der Waals surface area contributed by atoms with Crippen LogP contribution < -0.4 is 20.9 Å². The Hall–Kier alpha value is -4.61. The molecule has 0 aliphatic heterocycles. The van der Waals surface area contributed by atoms with Crippen LogP contribution in [0.3, 0.4) is 0 Å². The second kappa shape index (κ2) is 11.4. The van der Waals surface area contributed by atoms with Crippen molar-refractivity contribution in [3.05, 3.63) is 93.7 Å². The molecule has 0 saturated carbocycles. The van der Waals surface area contributed by atoms with E-state index in [1.807, 2.05) is 0 Å². The Morgan fingerprint density at radius 3 is 2.57 bits per heavy atom. The lowest BCUT2D eigenvalue weighted by atomic mass is 9.90. The van der Waals surface area contributed by atoms with Gasteiger partial charge in [-0.3, -0.25) is 10.4 Å². The highest BCUT2D eigenvalue weighted by Crippen LogP contribution is 2.36. The Bertz CT molecular complexity index is 1420. The van der Waals surface area contributed by atoms with Crippen LogP contribution in [0.5, 0.6) is 11.5 Å². The van der Waals surface area contributed by atoms with Gasteiger partial charge in [-0.05, 0) is 31.0 Å². The first kappa shape index (κ1) is 25.5. The zero-order valence-corrected chi connectivity index (χ0v) is 19.9. The zero-order chi connectivity index (χ0) is 26.4. The van der Waals surface area contributed by atoms with Crippen LogP contribution in [0.15, 0.2) is 59.7 Å². The summed E-state index contributed by atoms with van der Waals surface area (Å²) < 4.78 is 40.5. The molecule has 37 heavy (non-hydrogen) atoms. The fraction of sp³-hybridized carbons (Fsp3) is 0.240. The highest BCUT2D eigenvalue weighted by atomic mass is 19.1. The van der Waals surface area contributed by atoms with E-state index in [1.165, 1.54) is 24.5 Å². The van der Waals surface area contributed by atoms with Gasteiger partial charge in [0.2, 0.25) is 0 Å². The third kappa shape index (κ3) is 5.80. The Morgan fingerprint density at radius 1 is 1.19 bits per heavy atom. The predicted molar refractivity (Wildman–Crippen MR) is 132 cm³/mol. The summed E-state index contributed by atoms with van der Waals surface area (Å²) >= 11 is 0. The van der Waals surface area contributed by atoms with Crippen LogP contribution in [0.4, 0.5) is 8.78 Å². The van der Waals surface area contributed by atoms with E-state index < -0.39 is 24.1 Å². The molecule has 4 aromatic rings. The van der Waals surface area contributed by atoms with Gasteiger partial charge in [0.1, 0.15) is 30.7 Å². The van der Waals surface area contributed by atoms with Gasteiger partial charge in [0.05, 0.1) is 12.5 Å². The summed E-state index contributed by atoms with van der Waals surface area (Å²) in [7, 11) is 0. The predicted octanol–water partition coefficient (Wildman–Crippen LogP) is 2.90. The molecule has 0 spiro atoms. The average Bonchev–Trinajstić information content (AvgIpc) is 3.29. The molecule has 192 valence electrons. The number of hydrogen-bond donors (Lipinski definition) is 3. The highest BCUT2D eigenvalue weighted by molar-refractivity contribution is 5.94. The van der Waals surface area contributed by atoms with Gasteiger partial charge in [-0.15, -0.1) is 9.78 Å². The van der Waals surface area contributed by atoms with Gasteiger partial charge in [0.15, 0.2) is 11.6 Å². The highest BCUT2D eigenvalue weighted by Gasteiger charge is 2.27. The number of ether oxygens (including phenoxy) is 2. The lowest BCUT2D eigenvalue weighted by Gasteiger charge is -2.19. The molecule has 4 rings (SSSR count). The van der Waals surface area contributed by atoms with E-state index in [-0.39, 0.29) is 41.9 Å². The molecular formula is C25H25F2N7O3. The third-order valence-electron chi connectivity index (χ3n) is 5.47. The number of nitrogen functional groups attached to an aromatic ring is 1. The van der Waals surface area contributed by atoms with E-state index in [0.29, 0.717) is 17.9 Å². The number of amidine groups is 1. The van der Waals surface area contributed by atoms with Crippen molar-refractivity contribution in [1.82, 2.24) is 24.7 Å². The van der Waals surface area contributed by atoms with E-state index in [9.17, 15) is 9.18 Å². The smallest absolute Gasteiger partial charge is 0.350 e. The van der Waals surface area contributed by atoms with Crippen LogP contribution in [0, 0.1) is 11.2 Å². The Balaban J connectivity index is 1.84. The van der Waals surface area contributed by atoms with Crippen LogP contribution in [0.1, 0.15) is 35.4 Å². The standard InChI is InChI=1S/C25H25F2N7O3/c1-2-36-17-13-18(21(27)20(14-17)37-11-8-26)19(12-15-4-6-16(7-5-15)22(28)29)23-32-25(35)34(33-23)24-30-9-3-10-31-24/h3-7,9-10,13-14,19H,2,8,11-12H2,1H3,(H3,28,29)(H,32,33,35). The zero-order valence-electron chi connectivity index (χ0n) is 19.9. The average molecular weight is 510 g/mol. The van der Waals surface area contributed by atoms with E-state index in [4.69, 9.17) is 20.6 Å². The minimum Gasteiger partial charge on any atom is -0.494 e. The van der Waals surface area contributed by atoms with Gasteiger partial charge in [0.25, 0.3) is 5.95 Å². The molecule has 1 unspecified atom stereocenters. The minimum absolute atomic E-state index is 0.0510. The van der Waals surface area contributed by atoms with Crippen LogP contribution in [-0.4, -0.2) is 50.5 Å². The number of benzene rings is 2. The van der Waals surface area contributed by atoms with Gasteiger partial charge in [-0.2, -0.15) is 0 Å². The molecule has 12 heteroatoms. The number of alkyl halides is 1. The van der Waals surface area contributed by atoms with Gasteiger partial charge in [-0.1, -0.05) is 24.3 Å². The normalized spacial score (nSPS) is 11.8. The monoisotopic (exact) mass is 509 g/mol. The van der Waals surface area contributed by atoms with Crippen molar-refractivity contribution in [2.24, 2.45) is 5.73 Å². The van der Waals surface area contributed by atoms with Crippen molar-refractivity contribution in [1.29, 1.82) is 5.41 Å². The summed E-state index contributed by atoms with van der Waals surface area (Å²) in [6, 6.07) is 11.3. The van der Waals surface area contributed by atoms with Crippen molar-refractivity contribution in [2.75, 3.05) is 19.9 Å². The first-order valence-corrected chi connectivity index (χ1v) is 11.5. The SMILES string of the molecule is CCOc1cc(OCCF)c(F)c(C(Cc2ccc(C(=N)N)cc2)c2nn(-c3ncccn3)c(=O)[nH]2)c1. The van der Waals surface area contributed by atoms with Crippen LogP contribution in [0.25, 0.3) is 5.95 Å². The summed E-state index contributed by atoms with van der Waals surface area (Å²) in [5, 5.41) is 12.0. The maximum absolute atomic E-state index is 15.8. The summed E-state index contributed by atoms with van der Waals surface area (Å²) in [6.45, 7) is 0.952. The number of hydrogen-bond acceptors (Lipinski definition) is 7. The van der Waals surface area contributed by atoms with Crippen molar-refractivity contribution in [3.63, 3.8) is 0 Å². The number of nitrogens with zero attached hydrogens (tertiary/aromatic N) is 4. The van der Waals surface area contributed by atoms with E-state index in [0.717, 1.165) is 10.2 Å². The Labute approximate surface area is 210 Å². The number of nitrogens with one attached hydrogen (secondary N) is 2. The molecule has 2 aromatic heterocycles. The molecule has 4 N–H and O–H groups in total. The van der Waals surface area contributed by atoms with Gasteiger partial charge in [-0.25, -0.2) is 23.5 Å². The topological polar surface area (TPSA) is 145 Å². The maximum atomic E-state index is 15.8. The molecule has 10 nitrogen and oxygen atoms in total. The number of aromatic amines is 1. The van der Waals surface area contributed by atoms with Crippen LogP contribution in [-0.2, 0) is 6.42 Å². The van der Waals surface area contributed by atoms with Crippen molar-refractivity contribution >= 4 is 5.84 Å². The molecular weight excluding hydrogens is 484 g/mol. The number of nitrogens with two attached hydrogens (primary N) is 1. The van der Waals surface area contributed by atoms with Crippen molar-refractivity contribution < 1.29 is 18.3 Å². The second-order valence-electron chi connectivity index (χ2n) is 7.94. The largest absolute Gasteiger partial charge is 0.494 e. The van der Waals surface area contributed by atoms with Gasteiger partial charge >= 0.3 is 5.69 Å². The molecule has 0 bridgehead atoms. The summed E-state index contributed by atoms with van der Waals surface area (Å²) in [6.07, 6.45) is 3.14. The Morgan fingerprint density at radius 2 is 1.92 bits per heavy atom. The molecule has 0 amide bonds. The molecule has 0 saturated heterocycles. The molecule has 0 radical (unpaired) electrons. The lowest BCUT2D eigenvalue weighted by molar-refractivity contribution is 0.258. The van der Waals surface area contributed by atoms with E-state index in [2.05, 4.69) is 20.1 Å². The molecule has 2 heterocycles.